The van der Waals surface area contributed by atoms with Gasteiger partial charge in [0.25, 0.3) is 0 Å². The molecule has 0 radical (unpaired) electrons. The second-order valence-corrected chi connectivity index (χ2v) is 17.5. The van der Waals surface area contributed by atoms with E-state index < -0.39 is 12.1 Å². The molecule has 0 aromatic heterocycles. The van der Waals surface area contributed by atoms with Crippen molar-refractivity contribution >= 4 is 11.9 Å². The number of rotatable bonds is 47. The minimum atomic E-state index is -0.854. The van der Waals surface area contributed by atoms with Gasteiger partial charge in [-0.1, -0.05) is 224 Å². The van der Waals surface area contributed by atoms with E-state index in [2.05, 4.69) is 31.3 Å². The number of aliphatic hydroxyl groups excluding tert-OH is 2. The Hall–Kier alpha value is -1.66. The molecular formula is C52H99NO5. The Balaban J connectivity index is 3.51. The van der Waals surface area contributed by atoms with Gasteiger partial charge in [-0.25, -0.2) is 0 Å². The van der Waals surface area contributed by atoms with Crippen molar-refractivity contribution in [1.82, 2.24) is 5.32 Å². The zero-order valence-electron chi connectivity index (χ0n) is 38.8. The van der Waals surface area contributed by atoms with Gasteiger partial charge in [-0.05, 0) is 57.8 Å². The molecule has 0 aliphatic heterocycles. The molecule has 0 spiro atoms. The molecule has 6 nitrogen and oxygen atoms in total. The van der Waals surface area contributed by atoms with Crippen molar-refractivity contribution in [2.24, 2.45) is 0 Å². The zero-order chi connectivity index (χ0) is 42.3. The lowest BCUT2D eigenvalue weighted by molar-refractivity contribution is -0.143. The van der Waals surface area contributed by atoms with Crippen molar-refractivity contribution in [3.8, 4) is 0 Å². The first-order valence-electron chi connectivity index (χ1n) is 25.6. The molecule has 6 heteroatoms. The van der Waals surface area contributed by atoms with Gasteiger partial charge >= 0.3 is 5.97 Å². The Morgan fingerprint density at radius 1 is 0.466 bits per heavy atom. The van der Waals surface area contributed by atoms with E-state index in [0.29, 0.717) is 19.4 Å². The SMILES string of the molecule is CCCCCC/C=C\CCCCCCCC(=O)OCCCCCCCCCCCCCCC(=O)NC(CO)C(O)/C=C/CCCCCCCCCCCCCCCC. The lowest BCUT2D eigenvalue weighted by atomic mass is 10.0. The quantitative estimate of drug-likeness (QED) is 0.0323. The lowest BCUT2D eigenvalue weighted by Crippen LogP contribution is -2.45. The Morgan fingerprint density at radius 2 is 0.810 bits per heavy atom. The third kappa shape index (κ3) is 43.9. The lowest BCUT2D eigenvalue weighted by Gasteiger charge is -2.20. The third-order valence-corrected chi connectivity index (χ3v) is 11.7. The van der Waals surface area contributed by atoms with Crippen LogP contribution in [0.4, 0.5) is 0 Å². The standard InChI is InChI=1S/C52H99NO5/c1-3-5-7-9-11-13-15-17-18-19-21-24-28-32-36-40-44-50(55)49(48-54)53-51(56)45-41-37-33-29-25-22-23-27-31-35-39-43-47-58-52(57)46-42-38-34-30-26-20-16-14-12-10-8-6-4-2/h14,16,40,44,49-50,54-55H,3-13,15,17-39,41-43,45-48H2,1-2H3,(H,53,56)/b16-14-,44-40+. The topological polar surface area (TPSA) is 95.9 Å². The van der Waals surface area contributed by atoms with Crippen molar-refractivity contribution in [1.29, 1.82) is 0 Å². The van der Waals surface area contributed by atoms with Crippen molar-refractivity contribution in [2.75, 3.05) is 13.2 Å². The number of unbranched alkanes of at least 4 members (excludes halogenated alkanes) is 34. The van der Waals surface area contributed by atoms with E-state index in [0.717, 1.165) is 57.8 Å². The van der Waals surface area contributed by atoms with Gasteiger partial charge in [0.1, 0.15) is 0 Å². The van der Waals surface area contributed by atoms with Gasteiger partial charge in [-0.15, -0.1) is 0 Å². The zero-order valence-corrected chi connectivity index (χ0v) is 38.8. The van der Waals surface area contributed by atoms with Crippen LogP contribution in [0.25, 0.3) is 0 Å². The molecule has 58 heavy (non-hydrogen) atoms. The van der Waals surface area contributed by atoms with Gasteiger partial charge in [0, 0.05) is 12.8 Å². The molecule has 0 aromatic carbocycles. The number of nitrogens with one attached hydrogen (secondary N) is 1. The Morgan fingerprint density at radius 3 is 1.24 bits per heavy atom. The highest BCUT2D eigenvalue weighted by atomic mass is 16.5. The van der Waals surface area contributed by atoms with E-state index in [1.807, 2.05) is 6.08 Å². The van der Waals surface area contributed by atoms with E-state index in [-0.39, 0.29) is 18.5 Å². The molecule has 0 saturated heterocycles. The van der Waals surface area contributed by atoms with E-state index in [9.17, 15) is 19.8 Å². The predicted octanol–water partition coefficient (Wildman–Crippen LogP) is 15.1. The number of hydrogen-bond acceptors (Lipinski definition) is 5. The molecule has 0 fully saturated rings. The fraction of sp³-hybridized carbons (Fsp3) is 0.885. The van der Waals surface area contributed by atoms with Crippen LogP contribution in [0.3, 0.4) is 0 Å². The summed E-state index contributed by atoms with van der Waals surface area (Å²) in [6, 6.07) is -0.639. The fourth-order valence-corrected chi connectivity index (χ4v) is 7.74. The maximum absolute atomic E-state index is 12.4. The van der Waals surface area contributed by atoms with Crippen LogP contribution >= 0.6 is 0 Å². The molecule has 1 amide bonds. The van der Waals surface area contributed by atoms with Crippen LogP contribution in [0.2, 0.25) is 0 Å². The highest BCUT2D eigenvalue weighted by molar-refractivity contribution is 5.76. The summed E-state index contributed by atoms with van der Waals surface area (Å²) in [6.45, 7) is 4.85. The van der Waals surface area contributed by atoms with E-state index in [1.54, 1.807) is 6.08 Å². The second kappa shape index (κ2) is 48.0. The van der Waals surface area contributed by atoms with Crippen molar-refractivity contribution in [2.45, 2.75) is 283 Å². The van der Waals surface area contributed by atoms with E-state index >= 15 is 0 Å². The molecule has 0 aromatic rings. The van der Waals surface area contributed by atoms with Gasteiger partial charge in [0.2, 0.25) is 5.91 Å². The molecule has 0 heterocycles. The number of allylic oxidation sites excluding steroid dienone is 3. The van der Waals surface area contributed by atoms with Crippen LogP contribution in [0.5, 0.6) is 0 Å². The summed E-state index contributed by atoms with van der Waals surface area (Å²) in [6.07, 6.45) is 56.0. The minimum absolute atomic E-state index is 0.0202. The first-order valence-corrected chi connectivity index (χ1v) is 25.6. The number of ether oxygens (including phenoxy) is 1. The van der Waals surface area contributed by atoms with Crippen LogP contribution in [-0.2, 0) is 14.3 Å². The summed E-state index contributed by atoms with van der Waals surface area (Å²) in [5.41, 5.74) is 0. The normalized spacial score (nSPS) is 12.8. The highest BCUT2D eigenvalue weighted by Crippen LogP contribution is 2.16. The summed E-state index contributed by atoms with van der Waals surface area (Å²) in [7, 11) is 0. The van der Waals surface area contributed by atoms with Crippen LogP contribution < -0.4 is 5.32 Å². The molecular weight excluding hydrogens is 719 g/mol. The number of esters is 1. The number of aliphatic hydroxyl groups is 2. The molecule has 0 rings (SSSR count). The van der Waals surface area contributed by atoms with Crippen molar-refractivity contribution in [3.63, 3.8) is 0 Å². The average Bonchev–Trinajstić information content (AvgIpc) is 3.22. The van der Waals surface area contributed by atoms with Gasteiger partial charge < -0.3 is 20.3 Å². The monoisotopic (exact) mass is 818 g/mol. The number of amides is 1. The molecule has 3 N–H and O–H groups in total. The first kappa shape index (κ1) is 56.3. The van der Waals surface area contributed by atoms with Gasteiger partial charge in [-0.2, -0.15) is 0 Å². The van der Waals surface area contributed by atoms with Crippen LogP contribution in [0.15, 0.2) is 24.3 Å². The maximum Gasteiger partial charge on any atom is 0.305 e. The average molecular weight is 818 g/mol. The van der Waals surface area contributed by atoms with Crippen molar-refractivity contribution in [3.05, 3.63) is 24.3 Å². The maximum atomic E-state index is 12.4. The number of carbonyl (C=O) groups excluding carboxylic acids is 2. The third-order valence-electron chi connectivity index (χ3n) is 11.7. The summed E-state index contributed by atoms with van der Waals surface area (Å²) >= 11 is 0. The first-order chi connectivity index (χ1) is 28.5. The molecule has 0 saturated carbocycles. The summed E-state index contributed by atoms with van der Waals surface area (Å²) < 4.78 is 5.45. The summed E-state index contributed by atoms with van der Waals surface area (Å²) in [5.74, 6) is -0.104. The predicted molar refractivity (Wildman–Crippen MR) is 250 cm³/mol. The van der Waals surface area contributed by atoms with Crippen LogP contribution in [-0.4, -0.2) is 47.4 Å². The molecule has 2 unspecified atom stereocenters. The van der Waals surface area contributed by atoms with Gasteiger partial charge in [0.15, 0.2) is 0 Å². The number of carbonyl (C=O) groups is 2. The molecule has 342 valence electrons. The molecule has 2 atom stereocenters. The van der Waals surface area contributed by atoms with Crippen LogP contribution in [0.1, 0.15) is 271 Å². The van der Waals surface area contributed by atoms with Crippen molar-refractivity contribution < 1.29 is 24.5 Å². The Kier molecular flexibility index (Phi) is 46.6. The fourth-order valence-electron chi connectivity index (χ4n) is 7.74. The van der Waals surface area contributed by atoms with Crippen LogP contribution in [0, 0.1) is 0 Å². The summed E-state index contributed by atoms with van der Waals surface area (Å²) in [4.78, 5) is 24.4. The molecule has 0 bridgehead atoms. The minimum Gasteiger partial charge on any atom is -0.466 e. The highest BCUT2D eigenvalue weighted by Gasteiger charge is 2.18. The van der Waals surface area contributed by atoms with Gasteiger partial charge in [0.05, 0.1) is 25.4 Å². The Labute approximate surface area is 361 Å². The van der Waals surface area contributed by atoms with E-state index in [1.165, 1.54) is 186 Å². The summed E-state index contributed by atoms with van der Waals surface area (Å²) in [5, 5.41) is 23.1. The van der Waals surface area contributed by atoms with E-state index in [4.69, 9.17) is 4.74 Å². The number of hydrogen-bond donors (Lipinski definition) is 3. The van der Waals surface area contributed by atoms with Gasteiger partial charge in [-0.3, -0.25) is 9.59 Å². The molecule has 0 aliphatic rings. The second-order valence-electron chi connectivity index (χ2n) is 17.5. The smallest absolute Gasteiger partial charge is 0.305 e. The Bertz CT molecular complexity index is 904. The molecule has 0 aliphatic carbocycles. The largest absolute Gasteiger partial charge is 0.466 e.